The number of rotatable bonds is 5. The van der Waals surface area contributed by atoms with Crippen molar-refractivity contribution >= 4 is 0 Å². The smallest absolute Gasteiger partial charge is 0.0349 e. The van der Waals surface area contributed by atoms with E-state index in [0.29, 0.717) is 6.04 Å². The van der Waals surface area contributed by atoms with Gasteiger partial charge in [0.2, 0.25) is 0 Å². The highest BCUT2D eigenvalue weighted by Crippen LogP contribution is 2.38. The minimum absolute atomic E-state index is 0.584. The van der Waals surface area contributed by atoms with Crippen LogP contribution >= 0.6 is 0 Å². The minimum Gasteiger partial charge on any atom is -0.314 e. The van der Waals surface area contributed by atoms with Gasteiger partial charge in [0, 0.05) is 32.2 Å². The number of fused-ring (bicyclic) bond motifs is 3. The highest BCUT2D eigenvalue weighted by atomic mass is 15.2. The molecule has 0 bridgehead atoms. The maximum atomic E-state index is 3.49. The maximum Gasteiger partial charge on any atom is 0.0349 e. The molecule has 0 spiro atoms. The first-order valence-corrected chi connectivity index (χ1v) is 9.52. The first-order valence-electron chi connectivity index (χ1n) is 9.52. The predicted octanol–water partition coefficient (Wildman–Crippen LogP) is 4.39. The molecule has 0 saturated carbocycles. The standard InChI is InChI=1S/C22H28N2/c1-2-3-8-22(24-13-11-23-12-14-24)18-9-10-21-19(16-18)15-17-6-4-5-7-20(17)21/h4-7,9-10,16,22-23H,2-3,8,11-15H2,1H3/t22-/m1/s1. The Morgan fingerprint density at radius 1 is 1.00 bits per heavy atom. The molecule has 1 aliphatic heterocycles. The lowest BCUT2D eigenvalue weighted by atomic mass is 9.95. The van der Waals surface area contributed by atoms with Crippen LogP contribution in [0.4, 0.5) is 0 Å². The van der Waals surface area contributed by atoms with E-state index < -0.39 is 0 Å². The van der Waals surface area contributed by atoms with Crippen molar-refractivity contribution in [3.05, 3.63) is 59.2 Å². The van der Waals surface area contributed by atoms with Crippen LogP contribution in [0.25, 0.3) is 11.1 Å². The van der Waals surface area contributed by atoms with Crippen LogP contribution in [-0.4, -0.2) is 31.1 Å². The summed E-state index contributed by atoms with van der Waals surface area (Å²) in [5.74, 6) is 0. The Labute approximate surface area is 145 Å². The number of piperazine rings is 1. The molecule has 1 heterocycles. The molecular weight excluding hydrogens is 292 g/mol. The van der Waals surface area contributed by atoms with E-state index in [4.69, 9.17) is 0 Å². The summed E-state index contributed by atoms with van der Waals surface area (Å²) in [4.78, 5) is 2.69. The lowest BCUT2D eigenvalue weighted by molar-refractivity contribution is 0.163. The molecule has 126 valence electrons. The van der Waals surface area contributed by atoms with E-state index in [1.165, 1.54) is 60.2 Å². The highest BCUT2D eigenvalue weighted by molar-refractivity contribution is 5.77. The summed E-state index contributed by atoms with van der Waals surface area (Å²) >= 11 is 0. The van der Waals surface area contributed by atoms with Gasteiger partial charge in [-0.2, -0.15) is 0 Å². The summed E-state index contributed by atoms with van der Waals surface area (Å²) in [6, 6.07) is 16.7. The molecule has 4 rings (SSSR count). The quantitative estimate of drug-likeness (QED) is 0.750. The van der Waals surface area contributed by atoms with Crippen molar-refractivity contribution in [1.82, 2.24) is 10.2 Å². The number of hydrogen-bond acceptors (Lipinski definition) is 2. The fourth-order valence-corrected chi connectivity index (χ4v) is 4.32. The SMILES string of the molecule is CCCC[C@H](c1ccc2c(c1)Cc1ccccc1-2)N1CCNCC1. The van der Waals surface area contributed by atoms with Crippen LogP contribution in [0.3, 0.4) is 0 Å². The van der Waals surface area contributed by atoms with Crippen molar-refractivity contribution in [1.29, 1.82) is 0 Å². The van der Waals surface area contributed by atoms with E-state index in [-0.39, 0.29) is 0 Å². The van der Waals surface area contributed by atoms with Crippen molar-refractivity contribution in [2.24, 2.45) is 0 Å². The van der Waals surface area contributed by atoms with Gasteiger partial charge in [0.05, 0.1) is 0 Å². The number of nitrogens with one attached hydrogen (secondary N) is 1. The number of unbranched alkanes of at least 4 members (excludes halogenated alkanes) is 1. The Balaban J connectivity index is 1.63. The van der Waals surface area contributed by atoms with Crippen molar-refractivity contribution in [3.63, 3.8) is 0 Å². The zero-order valence-electron chi connectivity index (χ0n) is 14.7. The van der Waals surface area contributed by atoms with Crippen LogP contribution < -0.4 is 5.32 Å². The maximum absolute atomic E-state index is 3.49. The Kier molecular flexibility index (Phi) is 4.68. The Morgan fingerprint density at radius 2 is 1.79 bits per heavy atom. The monoisotopic (exact) mass is 320 g/mol. The lowest BCUT2D eigenvalue weighted by Crippen LogP contribution is -2.45. The molecule has 0 aromatic heterocycles. The van der Waals surface area contributed by atoms with Crippen molar-refractivity contribution in [3.8, 4) is 11.1 Å². The summed E-state index contributed by atoms with van der Waals surface area (Å²) in [5, 5.41) is 3.49. The van der Waals surface area contributed by atoms with Gasteiger partial charge in [-0.3, -0.25) is 4.90 Å². The molecule has 1 aliphatic carbocycles. The molecule has 2 aromatic rings. The Morgan fingerprint density at radius 3 is 2.62 bits per heavy atom. The molecule has 0 radical (unpaired) electrons. The van der Waals surface area contributed by atoms with Gasteiger partial charge in [0.1, 0.15) is 0 Å². The fraction of sp³-hybridized carbons (Fsp3) is 0.455. The van der Waals surface area contributed by atoms with Crippen LogP contribution in [0, 0.1) is 0 Å². The molecule has 1 N–H and O–H groups in total. The predicted molar refractivity (Wildman–Crippen MR) is 101 cm³/mol. The molecule has 1 saturated heterocycles. The van der Waals surface area contributed by atoms with Crippen molar-refractivity contribution in [2.75, 3.05) is 26.2 Å². The van der Waals surface area contributed by atoms with E-state index in [9.17, 15) is 0 Å². The van der Waals surface area contributed by atoms with Gasteiger partial charge in [-0.05, 0) is 40.7 Å². The summed E-state index contributed by atoms with van der Waals surface area (Å²) in [6.07, 6.45) is 4.97. The molecule has 0 unspecified atom stereocenters. The van der Waals surface area contributed by atoms with Crippen molar-refractivity contribution < 1.29 is 0 Å². The molecule has 2 aromatic carbocycles. The van der Waals surface area contributed by atoms with Crippen LogP contribution in [0.15, 0.2) is 42.5 Å². The third-order valence-electron chi connectivity index (χ3n) is 5.63. The molecule has 2 nitrogen and oxygen atoms in total. The second kappa shape index (κ2) is 7.08. The average Bonchev–Trinajstić information content (AvgIpc) is 3.01. The largest absolute Gasteiger partial charge is 0.314 e. The molecule has 1 atom stereocenters. The fourth-order valence-electron chi connectivity index (χ4n) is 4.32. The number of hydrogen-bond donors (Lipinski definition) is 1. The Bertz CT molecular complexity index is 701. The van der Waals surface area contributed by atoms with Crippen LogP contribution in [0.1, 0.15) is 48.9 Å². The number of nitrogens with zero attached hydrogens (tertiary/aromatic N) is 1. The molecule has 1 fully saturated rings. The van der Waals surface area contributed by atoms with Crippen LogP contribution in [0.2, 0.25) is 0 Å². The average molecular weight is 320 g/mol. The van der Waals surface area contributed by atoms with E-state index in [2.05, 4.69) is 59.6 Å². The summed E-state index contributed by atoms with van der Waals surface area (Å²) in [5.41, 5.74) is 7.41. The lowest BCUT2D eigenvalue weighted by Gasteiger charge is -2.35. The third-order valence-corrected chi connectivity index (χ3v) is 5.63. The van der Waals surface area contributed by atoms with Gasteiger partial charge in [-0.1, -0.05) is 62.2 Å². The first kappa shape index (κ1) is 15.9. The zero-order chi connectivity index (χ0) is 16.4. The van der Waals surface area contributed by atoms with E-state index in [1.54, 1.807) is 0 Å². The number of benzene rings is 2. The van der Waals surface area contributed by atoms with Crippen molar-refractivity contribution in [2.45, 2.75) is 38.6 Å². The summed E-state index contributed by atoms with van der Waals surface area (Å²) < 4.78 is 0. The van der Waals surface area contributed by atoms with Gasteiger partial charge in [0.15, 0.2) is 0 Å². The summed E-state index contributed by atoms with van der Waals surface area (Å²) in [6.45, 7) is 6.89. The second-order valence-electron chi connectivity index (χ2n) is 7.19. The van der Waals surface area contributed by atoms with Gasteiger partial charge < -0.3 is 5.32 Å². The first-order chi connectivity index (χ1) is 11.9. The zero-order valence-corrected chi connectivity index (χ0v) is 14.7. The highest BCUT2D eigenvalue weighted by Gasteiger charge is 2.24. The van der Waals surface area contributed by atoms with E-state index in [0.717, 1.165) is 19.5 Å². The van der Waals surface area contributed by atoms with Gasteiger partial charge in [-0.15, -0.1) is 0 Å². The molecule has 2 heteroatoms. The molecular formula is C22H28N2. The molecule has 24 heavy (non-hydrogen) atoms. The summed E-state index contributed by atoms with van der Waals surface area (Å²) in [7, 11) is 0. The van der Waals surface area contributed by atoms with Gasteiger partial charge in [-0.25, -0.2) is 0 Å². The molecule has 2 aliphatic rings. The Hall–Kier alpha value is -1.64. The second-order valence-corrected chi connectivity index (χ2v) is 7.19. The normalized spacial score (nSPS) is 18.2. The van der Waals surface area contributed by atoms with Crippen LogP contribution in [0.5, 0.6) is 0 Å². The topological polar surface area (TPSA) is 15.3 Å². The van der Waals surface area contributed by atoms with Crippen LogP contribution in [-0.2, 0) is 6.42 Å². The minimum atomic E-state index is 0.584. The van der Waals surface area contributed by atoms with Gasteiger partial charge in [0.25, 0.3) is 0 Å². The van der Waals surface area contributed by atoms with E-state index >= 15 is 0 Å². The molecule has 0 amide bonds. The van der Waals surface area contributed by atoms with E-state index in [1.807, 2.05) is 0 Å². The third kappa shape index (κ3) is 3.01. The van der Waals surface area contributed by atoms with Gasteiger partial charge >= 0.3 is 0 Å².